The van der Waals surface area contributed by atoms with Gasteiger partial charge in [-0.3, -0.25) is 0 Å². The number of sulfonamides is 1. The van der Waals surface area contributed by atoms with Crippen molar-refractivity contribution in [1.82, 2.24) is 4.31 Å². The third kappa shape index (κ3) is 8.00. The first kappa shape index (κ1) is 22.7. The van der Waals surface area contributed by atoms with Crippen molar-refractivity contribution in [3.8, 4) is 0 Å². The second kappa shape index (κ2) is 12.1. The summed E-state index contributed by atoms with van der Waals surface area (Å²) in [7, 11) is -3.04. The van der Waals surface area contributed by atoms with Gasteiger partial charge in [0.1, 0.15) is 0 Å². The Kier molecular flexibility index (Phi) is 12.5. The van der Waals surface area contributed by atoms with Gasteiger partial charge in [-0.2, -0.15) is 0 Å². The Morgan fingerprint density at radius 1 is 0.727 bits per heavy atom. The second-order valence-electron chi connectivity index (χ2n) is 6.65. The predicted molar refractivity (Wildman–Crippen MR) is 102 cm³/mol. The van der Waals surface area contributed by atoms with Crippen molar-refractivity contribution in [3.05, 3.63) is 0 Å². The number of hydrogen-bond acceptors (Lipinski definition) is 2. The van der Waals surface area contributed by atoms with Crippen LogP contribution in [0.15, 0.2) is 0 Å². The summed E-state index contributed by atoms with van der Waals surface area (Å²) in [4.78, 5) is 0. The van der Waals surface area contributed by atoms with Crippen molar-refractivity contribution in [2.75, 3.05) is 16.9 Å². The molecule has 0 unspecified atom stereocenters. The molecule has 0 saturated carbocycles. The molecular formula is C17H39NO2SSn. The first-order valence-corrected chi connectivity index (χ1v) is 19.1. The van der Waals surface area contributed by atoms with Crippen LogP contribution in [-0.2, 0) is 10.0 Å². The molecule has 0 rings (SSSR count). The van der Waals surface area contributed by atoms with E-state index in [4.69, 9.17) is 0 Å². The maximum absolute atomic E-state index is 12.9. The van der Waals surface area contributed by atoms with Crippen LogP contribution in [0.4, 0.5) is 0 Å². The van der Waals surface area contributed by atoms with Crippen LogP contribution in [0.25, 0.3) is 0 Å². The number of unbranched alkanes of at least 4 members (excludes halogenated alkanes) is 3. The molecule has 0 N–H and O–H groups in total. The SMILES string of the molecule is CCC[CH2][Sn]([CH2]CCC)([CH2]CCC)[CH2]S(=O)(=O)N(CC)CC. The van der Waals surface area contributed by atoms with Crippen LogP contribution in [0, 0.1) is 0 Å². The molecule has 0 amide bonds. The second-order valence-corrected chi connectivity index (χ2v) is 23.9. The molecule has 0 aromatic carbocycles. The fourth-order valence-electron chi connectivity index (χ4n) is 3.34. The van der Waals surface area contributed by atoms with Gasteiger partial charge in [0, 0.05) is 0 Å². The summed E-state index contributed by atoms with van der Waals surface area (Å²) in [6.45, 7) is 11.9. The molecule has 3 nitrogen and oxygen atoms in total. The van der Waals surface area contributed by atoms with E-state index in [0.29, 0.717) is 16.9 Å². The van der Waals surface area contributed by atoms with Crippen molar-refractivity contribution in [2.45, 2.75) is 86.5 Å². The van der Waals surface area contributed by atoms with Crippen molar-refractivity contribution >= 4 is 28.4 Å². The van der Waals surface area contributed by atoms with Gasteiger partial charge in [-0.05, 0) is 0 Å². The fourth-order valence-corrected chi connectivity index (χ4v) is 29.0. The Labute approximate surface area is 144 Å². The van der Waals surface area contributed by atoms with E-state index in [1.807, 2.05) is 13.8 Å². The van der Waals surface area contributed by atoms with Gasteiger partial charge in [-0.25, -0.2) is 0 Å². The topological polar surface area (TPSA) is 37.4 Å². The van der Waals surface area contributed by atoms with Crippen LogP contribution in [-0.4, -0.2) is 48.0 Å². The van der Waals surface area contributed by atoms with Gasteiger partial charge in [0.15, 0.2) is 0 Å². The van der Waals surface area contributed by atoms with Gasteiger partial charge in [-0.1, -0.05) is 0 Å². The molecular weight excluding hydrogens is 401 g/mol. The van der Waals surface area contributed by atoms with Gasteiger partial charge >= 0.3 is 144 Å². The summed E-state index contributed by atoms with van der Waals surface area (Å²) < 4.78 is 31.8. The molecule has 0 saturated heterocycles. The molecule has 0 aromatic rings. The van der Waals surface area contributed by atoms with Gasteiger partial charge in [0.25, 0.3) is 0 Å². The van der Waals surface area contributed by atoms with Crippen LogP contribution >= 0.6 is 0 Å². The predicted octanol–water partition coefficient (Wildman–Crippen LogP) is 5.05. The Bertz CT molecular complexity index is 345. The maximum atomic E-state index is 12.9. The van der Waals surface area contributed by atoms with Crippen molar-refractivity contribution in [3.63, 3.8) is 0 Å². The number of rotatable bonds is 14. The van der Waals surface area contributed by atoms with E-state index in [9.17, 15) is 8.42 Å². The average molecular weight is 440 g/mol. The van der Waals surface area contributed by atoms with Crippen molar-refractivity contribution in [2.24, 2.45) is 0 Å². The van der Waals surface area contributed by atoms with Crippen LogP contribution in [0.5, 0.6) is 0 Å². The molecule has 0 aliphatic heterocycles. The monoisotopic (exact) mass is 441 g/mol. The van der Waals surface area contributed by atoms with Crippen LogP contribution < -0.4 is 0 Å². The molecule has 134 valence electrons. The Morgan fingerprint density at radius 2 is 1.09 bits per heavy atom. The molecule has 5 heteroatoms. The molecule has 0 aliphatic carbocycles. The first-order valence-electron chi connectivity index (χ1n) is 9.39. The molecule has 0 heterocycles. The summed E-state index contributed by atoms with van der Waals surface area (Å²) in [5.74, 6) is 0. The molecule has 0 spiro atoms. The molecule has 0 aromatic heterocycles. The van der Waals surface area contributed by atoms with Crippen LogP contribution in [0.3, 0.4) is 0 Å². The van der Waals surface area contributed by atoms with E-state index in [1.165, 1.54) is 51.8 Å². The summed E-state index contributed by atoms with van der Waals surface area (Å²) >= 11 is -2.59. The normalized spacial score (nSPS) is 13.0. The molecule has 22 heavy (non-hydrogen) atoms. The standard InChI is InChI=1S/C5H12NO2S.3C4H9.Sn/c1-4-6(5-2)9(3,7)8;3*1-3-4-2;/h3-5H2,1-2H3;3*1,3-4H2,2H3;. The van der Waals surface area contributed by atoms with Gasteiger partial charge in [-0.15, -0.1) is 0 Å². The molecule has 0 atom stereocenters. The zero-order valence-electron chi connectivity index (χ0n) is 15.7. The summed E-state index contributed by atoms with van der Waals surface area (Å²) in [6.07, 6.45) is 7.29. The van der Waals surface area contributed by atoms with Crippen molar-refractivity contribution < 1.29 is 8.42 Å². The fraction of sp³-hybridized carbons (Fsp3) is 1.00. The number of hydrogen-bond donors (Lipinski definition) is 0. The molecule has 0 bridgehead atoms. The summed E-state index contributed by atoms with van der Waals surface area (Å²) in [5.41, 5.74) is 0. The van der Waals surface area contributed by atoms with E-state index >= 15 is 0 Å². The quantitative estimate of drug-likeness (QED) is 0.355. The van der Waals surface area contributed by atoms with E-state index in [0.717, 1.165) is 0 Å². The third-order valence-corrected chi connectivity index (χ3v) is 27.5. The molecule has 0 fully saturated rings. The zero-order valence-corrected chi connectivity index (χ0v) is 19.3. The Balaban J connectivity index is 5.30. The third-order valence-electron chi connectivity index (χ3n) is 4.77. The first-order chi connectivity index (χ1) is 10.4. The van der Waals surface area contributed by atoms with Crippen LogP contribution in [0.1, 0.15) is 73.1 Å². The van der Waals surface area contributed by atoms with E-state index in [-0.39, 0.29) is 0 Å². The number of nitrogens with zero attached hydrogens (tertiary/aromatic N) is 1. The molecule has 0 radical (unpaired) electrons. The minimum atomic E-state index is -3.04. The average Bonchev–Trinajstić information content (AvgIpc) is 2.49. The van der Waals surface area contributed by atoms with Gasteiger partial charge in [0.05, 0.1) is 0 Å². The summed E-state index contributed by atoms with van der Waals surface area (Å²) in [5, 5.41) is 0. The van der Waals surface area contributed by atoms with E-state index in [2.05, 4.69) is 20.8 Å². The zero-order chi connectivity index (χ0) is 17.1. The Morgan fingerprint density at radius 3 is 1.36 bits per heavy atom. The summed E-state index contributed by atoms with van der Waals surface area (Å²) in [6, 6.07) is 0. The molecule has 0 aliphatic rings. The van der Waals surface area contributed by atoms with Gasteiger partial charge in [0.2, 0.25) is 0 Å². The van der Waals surface area contributed by atoms with Gasteiger partial charge < -0.3 is 0 Å². The van der Waals surface area contributed by atoms with Crippen LogP contribution in [0.2, 0.25) is 13.3 Å². The Hall–Kier alpha value is 0.709. The van der Waals surface area contributed by atoms with E-state index in [1.54, 1.807) is 4.31 Å². The van der Waals surface area contributed by atoms with E-state index < -0.39 is 28.4 Å². The van der Waals surface area contributed by atoms with Crippen molar-refractivity contribution in [1.29, 1.82) is 0 Å². The minimum absolute atomic E-state index is 0.559.